The molecule has 1 atom stereocenters. The van der Waals surface area contributed by atoms with Gasteiger partial charge >= 0.3 is 0 Å². The average Bonchev–Trinajstić information content (AvgIpc) is 2.95. The van der Waals surface area contributed by atoms with Crippen LogP contribution < -0.4 is 5.32 Å². The number of hydrogen-bond donors (Lipinski definition) is 1. The van der Waals surface area contributed by atoms with Crippen LogP contribution in [-0.4, -0.2) is 50.8 Å². The van der Waals surface area contributed by atoms with Crippen LogP contribution in [0.3, 0.4) is 0 Å². The van der Waals surface area contributed by atoms with Crippen LogP contribution in [0.5, 0.6) is 0 Å². The van der Waals surface area contributed by atoms with Gasteiger partial charge in [0.1, 0.15) is 0 Å². The van der Waals surface area contributed by atoms with E-state index < -0.39 is 0 Å². The zero-order valence-corrected chi connectivity index (χ0v) is 12.6. The van der Waals surface area contributed by atoms with Crippen molar-refractivity contribution in [1.82, 2.24) is 10.2 Å². The molecule has 1 aliphatic carbocycles. The van der Waals surface area contributed by atoms with E-state index in [1.165, 1.54) is 19.3 Å². The molecule has 0 bridgehead atoms. The smallest absolute Gasteiger partial charge is 0.0547 e. The molecule has 18 heavy (non-hydrogen) atoms. The van der Waals surface area contributed by atoms with Crippen molar-refractivity contribution in [3.05, 3.63) is 0 Å². The first-order valence-electron chi connectivity index (χ1n) is 7.38. The van der Waals surface area contributed by atoms with Crippen LogP contribution in [0.1, 0.15) is 40.0 Å². The summed E-state index contributed by atoms with van der Waals surface area (Å²) >= 11 is 0. The average molecular weight is 254 g/mol. The van der Waals surface area contributed by atoms with Gasteiger partial charge in [-0.05, 0) is 31.7 Å². The third-order valence-corrected chi connectivity index (χ3v) is 3.88. The first-order valence-corrected chi connectivity index (χ1v) is 7.38. The summed E-state index contributed by atoms with van der Waals surface area (Å²) in [4.78, 5) is 2.49. The second-order valence-electron chi connectivity index (χ2n) is 7.69. The fourth-order valence-corrected chi connectivity index (χ4v) is 3.06. The lowest BCUT2D eigenvalue weighted by atomic mass is 9.85. The van der Waals surface area contributed by atoms with Gasteiger partial charge in [-0.25, -0.2) is 0 Å². The third kappa shape index (κ3) is 4.52. The predicted molar refractivity (Wildman–Crippen MR) is 75.8 cm³/mol. The monoisotopic (exact) mass is 254 g/mol. The maximum absolute atomic E-state index is 5.68. The molecule has 1 N–H and O–H groups in total. The molecule has 0 spiro atoms. The Labute approximate surface area is 112 Å². The minimum atomic E-state index is 0.350. The lowest BCUT2D eigenvalue weighted by Crippen LogP contribution is -2.45. The molecular formula is C15H30N2O. The highest BCUT2D eigenvalue weighted by atomic mass is 16.5. The number of ether oxygens (including phenoxy) is 1. The van der Waals surface area contributed by atoms with Crippen LogP contribution in [-0.2, 0) is 4.74 Å². The van der Waals surface area contributed by atoms with E-state index in [9.17, 15) is 0 Å². The Morgan fingerprint density at radius 2 is 2.06 bits per heavy atom. The summed E-state index contributed by atoms with van der Waals surface area (Å²) in [6, 6.07) is 0.801. The molecule has 1 saturated heterocycles. The molecule has 106 valence electrons. The third-order valence-electron chi connectivity index (χ3n) is 3.88. The first kappa shape index (κ1) is 14.3. The molecule has 0 radical (unpaired) electrons. The van der Waals surface area contributed by atoms with Gasteiger partial charge in [-0.1, -0.05) is 20.8 Å². The molecular weight excluding hydrogens is 224 g/mol. The Kier molecular flexibility index (Phi) is 4.35. The molecule has 1 heterocycles. The number of hydrogen-bond acceptors (Lipinski definition) is 3. The van der Waals surface area contributed by atoms with Gasteiger partial charge in [-0.15, -0.1) is 0 Å². The SMILES string of the molecule is CN(CC(C)(C)C)CC1(CNC2CC2)CCOC1. The predicted octanol–water partition coefficient (Wildman–Crippen LogP) is 2.12. The fourth-order valence-electron chi connectivity index (χ4n) is 3.06. The summed E-state index contributed by atoms with van der Waals surface area (Å²) in [5.41, 5.74) is 0.724. The zero-order chi connectivity index (χ0) is 13.2. The van der Waals surface area contributed by atoms with E-state index in [0.29, 0.717) is 10.8 Å². The van der Waals surface area contributed by atoms with E-state index in [-0.39, 0.29) is 0 Å². The Morgan fingerprint density at radius 3 is 2.56 bits per heavy atom. The summed E-state index contributed by atoms with van der Waals surface area (Å²) < 4.78 is 5.68. The highest BCUT2D eigenvalue weighted by Crippen LogP contribution is 2.31. The van der Waals surface area contributed by atoms with Crippen molar-refractivity contribution >= 4 is 0 Å². The molecule has 0 aromatic rings. The number of rotatable bonds is 6. The van der Waals surface area contributed by atoms with E-state index in [4.69, 9.17) is 4.74 Å². The number of nitrogens with zero attached hydrogens (tertiary/aromatic N) is 1. The minimum Gasteiger partial charge on any atom is -0.381 e. The summed E-state index contributed by atoms with van der Waals surface area (Å²) in [7, 11) is 2.25. The van der Waals surface area contributed by atoms with Crippen LogP contribution in [0.2, 0.25) is 0 Å². The molecule has 0 amide bonds. The molecule has 2 aliphatic rings. The summed E-state index contributed by atoms with van der Waals surface area (Å²) in [6.45, 7) is 12.2. The van der Waals surface area contributed by atoms with Crippen LogP contribution >= 0.6 is 0 Å². The van der Waals surface area contributed by atoms with E-state index in [2.05, 4.69) is 38.0 Å². The largest absolute Gasteiger partial charge is 0.381 e. The molecule has 1 unspecified atom stereocenters. The molecule has 3 heteroatoms. The van der Waals surface area contributed by atoms with Gasteiger partial charge in [0.15, 0.2) is 0 Å². The molecule has 1 aliphatic heterocycles. The van der Waals surface area contributed by atoms with Gasteiger partial charge in [0.2, 0.25) is 0 Å². The fraction of sp³-hybridized carbons (Fsp3) is 1.00. The van der Waals surface area contributed by atoms with Crippen molar-refractivity contribution in [1.29, 1.82) is 0 Å². The molecule has 0 aromatic heterocycles. The van der Waals surface area contributed by atoms with Crippen molar-refractivity contribution in [3.63, 3.8) is 0 Å². The van der Waals surface area contributed by atoms with E-state index >= 15 is 0 Å². The molecule has 1 saturated carbocycles. The molecule has 0 aromatic carbocycles. The standard InChI is InChI=1S/C15H30N2O/c1-14(2,3)10-17(4)11-15(7-8-18-12-15)9-16-13-5-6-13/h13,16H,5-12H2,1-4H3. The number of nitrogens with one attached hydrogen (secondary N) is 1. The van der Waals surface area contributed by atoms with Gasteiger partial charge in [-0.2, -0.15) is 0 Å². The van der Waals surface area contributed by atoms with E-state index in [1.807, 2.05) is 0 Å². The Hall–Kier alpha value is -0.120. The van der Waals surface area contributed by atoms with E-state index in [1.54, 1.807) is 0 Å². The summed E-state index contributed by atoms with van der Waals surface area (Å²) in [5, 5.41) is 3.70. The molecule has 3 nitrogen and oxygen atoms in total. The van der Waals surface area contributed by atoms with Crippen molar-refractivity contribution in [2.45, 2.75) is 46.1 Å². The topological polar surface area (TPSA) is 24.5 Å². The zero-order valence-electron chi connectivity index (χ0n) is 12.6. The highest BCUT2D eigenvalue weighted by Gasteiger charge is 2.37. The van der Waals surface area contributed by atoms with Gasteiger partial charge < -0.3 is 15.0 Å². The van der Waals surface area contributed by atoms with Crippen LogP contribution in [0.4, 0.5) is 0 Å². The Balaban J connectivity index is 1.84. The normalized spacial score (nSPS) is 29.2. The van der Waals surface area contributed by atoms with Crippen molar-refractivity contribution in [2.75, 3.05) is 39.9 Å². The Bertz CT molecular complexity index is 262. The van der Waals surface area contributed by atoms with Crippen LogP contribution in [0.15, 0.2) is 0 Å². The van der Waals surface area contributed by atoms with Gasteiger partial charge in [-0.3, -0.25) is 0 Å². The van der Waals surface area contributed by atoms with Gasteiger partial charge in [0.05, 0.1) is 6.61 Å². The quantitative estimate of drug-likeness (QED) is 0.786. The van der Waals surface area contributed by atoms with Crippen molar-refractivity contribution in [3.8, 4) is 0 Å². The lowest BCUT2D eigenvalue weighted by Gasteiger charge is -2.35. The van der Waals surface area contributed by atoms with Crippen LogP contribution in [0.25, 0.3) is 0 Å². The minimum absolute atomic E-state index is 0.350. The molecule has 2 rings (SSSR count). The van der Waals surface area contributed by atoms with Crippen molar-refractivity contribution in [2.24, 2.45) is 10.8 Å². The highest BCUT2D eigenvalue weighted by molar-refractivity contribution is 4.92. The van der Waals surface area contributed by atoms with E-state index in [0.717, 1.165) is 38.9 Å². The second-order valence-corrected chi connectivity index (χ2v) is 7.69. The van der Waals surface area contributed by atoms with Crippen LogP contribution in [0, 0.1) is 10.8 Å². The first-order chi connectivity index (χ1) is 8.39. The van der Waals surface area contributed by atoms with Gasteiger partial charge in [0.25, 0.3) is 0 Å². The molecule has 2 fully saturated rings. The van der Waals surface area contributed by atoms with Gasteiger partial charge in [0, 0.05) is 37.7 Å². The maximum atomic E-state index is 5.68. The summed E-state index contributed by atoms with van der Waals surface area (Å²) in [6.07, 6.45) is 3.95. The maximum Gasteiger partial charge on any atom is 0.0547 e. The Morgan fingerprint density at radius 1 is 1.33 bits per heavy atom. The lowest BCUT2D eigenvalue weighted by molar-refractivity contribution is 0.104. The second kappa shape index (κ2) is 5.48. The van der Waals surface area contributed by atoms with Crippen molar-refractivity contribution < 1.29 is 4.74 Å². The summed E-state index contributed by atoms with van der Waals surface area (Å²) in [5.74, 6) is 0.